The van der Waals surface area contributed by atoms with Crippen LogP contribution in [0.15, 0.2) is 27.6 Å². The molecule has 0 amide bonds. The van der Waals surface area contributed by atoms with E-state index in [1.807, 2.05) is 6.92 Å². The van der Waals surface area contributed by atoms with Crippen LogP contribution in [0.25, 0.3) is 0 Å². The van der Waals surface area contributed by atoms with E-state index in [0.29, 0.717) is 10.9 Å². The number of carboxylic acid groups (broad SMARTS) is 1. The highest BCUT2D eigenvalue weighted by Crippen LogP contribution is 2.14. The molecule has 4 nitrogen and oxygen atoms in total. The van der Waals surface area contributed by atoms with E-state index in [4.69, 9.17) is 5.11 Å². The van der Waals surface area contributed by atoms with Crippen molar-refractivity contribution in [3.05, 3.63) is 33.2 Å². The second kappa shape index (κ2) is 5.11. The van der Waals surface area contributed by atoms with Crippen molar-refractivity contribution in [2.24, 2.45) is 0 Å². The Kier molecular flexibility index (Phi) is 4.08. The number of nitrogens with zero attached hydrogens (tertiary/aromatic N) is 1. The zero-order valence-corrected chi connectivity index (χ0v) is 9.90. The first kappa shape index (κ1) is 12.0. The van der Waals surface area contributed by atoms with Crippen LogP contribution in [0.5, 0.6) is 0 Å². The van der Waals surface area contributed by atoms with Gasteiger partial charge in [0, 0.05) is 16.7 Å². The zero-order valence-electron chi connectivity index (χ0n) is 8.31. The first-order chi connectivity index (χ1) is 7.06. The number of carbonyl (C=O) groups is 1. The predicted molar refractivity (Wildman–Crippen MR) is 60.0 cm³/mol. The van der Waals surface area contributed by atoms with Gasteiger partial charge >= 0.3 is 5.97 Å². The van der Waals surface area contributed by atoms with Crippen molar-refractivity contribution in [1.29, 1.82) is 0 Å². The van der Waals surface area contributed by atoms with Gasteiger partial charge in [0.25, 0.3) is 5.56 Å². The molecule has 1 N–H and O–H groups in total. The highest BCUT2D eigenvalue weighted by Gasteiger charge is 2.19. The summed E-state index contributed by atoms with van der Waals surface area (Å²) in [6.45, 7) is 1.89. The predicted octanol–water partition coefficient (Wildman–Crippen LogP) is 2.04. The maximum Gasteiger partial charge on any atom is 0.326 e. The first-order valence-electron chi connectivity index (χ1n) is 4.66. The van der Waals surface area contributed by atoms with Gasteiger partial charge in [0.05, 0.1) is 0 Å². The maximum atomic E-state index is 11.5. The topological polar surface area (TPSA) is 59.3 Å². The van der Waals surface area contributed by atoms with E-state index in [9.17, 15) is 9.59 Å². The van der Waals surface area contributed by atoms with Crippen molar-refractivity contribution >= 4 is 21.9 Å². The molecule has 0 aliphatic carbocycles. The van der Waals surface area contributed by atoms with Crippen molar-refractivity contribution in [3.8, 4) is 0 Å². The maximum absolute atomic E-state index is 11.5. The van der Waals surface area contributed by atoms with Gasteiger partial charge < -0.3 is 9.67 Å². The third kappa shape index (κ3) is 2.92. The first-order valence-corrected chi connectivity index (χ1v) is 5.46. The molecule has 1 unspecified atom stereocenters. The van der Waals surface area contributed by atoms with Crippen molar-refractivity contribution in [3.63, 3.8) is 0 Å². The molecule has 5 heteroatoms. The fraction of sp³-hybridized carbons (Fsp3) is 0.400. The van der Waals surface area contributed by atoms with Gasteiger partial charge in [-0.1, -0.05) is 13.3 Å². The van der Waals surface area contributed by atoms with Crippen LogP contribution in [0.3, 0.4) is 0 Å². The summed E-state index contributed by atoms with van der Waals surface area (Å²) in [6, 6.07) is 2.18. The molecule has 15 heavy (non-hydrogen) atoms. The smallest absolute Gasteiger partial charge is 0.326 e. The van der Waals surface area contributed by atoms with Crippen LogP contribution in [0.1, 0.15) is 25.8 Å². The summed E-state index contributed by atoms with van der Waals surface area (Å²) < 4.78 is 1.94. The Morgan fingerprint density at radius 3 is 2.80 bits per heavy atom. The van der Waals surface area contributed by atoms with Crippen LogP contribution in [0, 0.1) is 0 Å². The summed E-state index contributed by atoms with van der Waals surface area (Å²) in [7, 11) is 0. The van der Waals surface area contributed by atoms with Gasteiger partial charge in [-0.3, -0.25) is 4.79 Å². The fourth-order valence-electron chi connectivity index (χ4n) is 1.38. The van der Waals surface area contributed by atoms with Crippen molar-refractivity contribution in [2.45, 2.75) is 25.8 Å². The summed E-state index contributed by atoms with van der Waals surface area (Å²) >= 11 is 3.21. The summed E-state index contributed by atoms with van der Waals surface area (Å²) in [5.74, 6) is -0.975. The Balaban J connectivity index is 3.15. The molecule has 0 radical (unpaired) electrons. The molecule has 0 saturated carbocycles. The molecule has 0 aromatic carbocycles. The summed E-state index contributed by atoms with van der Waals surface area (Å²) in [5, 5.41) is 9.00. The van der Waals surface area contributed by atoms with Gasteiger partial charge in [0.1, 0.15) is 6.04 Å². The summed E-state index contributed by atoms with van der Waals surface area (Å²) in [4.78, 5) is 22.4. The zero-order chi connectivity index (χ0) is 11.4. The van der Waals surface area contributed by atoms with Crippen LogP contribution in [-0.4, -0.2) is 15.6 Å². The van der Waals surface area contributed by atoms with E-state index in [1.165, 1.54) is 16.8 Å². The number of halogens is 1. The van der Waals surface area contributed by atoms with Crippen molar-refractivity contribution in [1.82, 2.24) is 4.57 Å². The number of rotatable bonds is 4. The van der Waals surface area contributed by atoms with Gasteiger partial charge in [0.15, 0.2) is 0 Å². The number of hydrogen-bond donors (Lipinski definition) is 1. The van der Waals surface area contributed by atoms with E-state index in [2.05, 4.69) is 15.9 Å². The highest BCUT2D eigenvalue weighted by molar-refractivity contribution is 9.10. The monoisotopic (exact) mass is 273 g/mol. The molecular weight excluding hydrogens is 262 g/mol. The normalized spacial score (nSPS) is 12.4. The minimum absolute atomic E-state index is 0.293. The molecule has 0 aliphatic rings. The number of carboxylic acids is 1. The lowest BCUT2D eigenvalue weighted by molar-refractivity contribution is -0.141. The Labute approximate surface area is 95.7 Å². The molecule has 1 rings (SSSR count). The Hall–Kier alpha value is -1.10. The van der Waals surface area contributed by atoms with E-state index >= 15 is 0 Å². The number of aromatic nitrogens is 1. The average molecular weight is 274 g/mol. The quantitative estimate of drug-likeness (QED) is 0.913. The third-order valence-corrected chi connectivity index (χ3v) is 2.55. The summed E-state index contributed by atoms with van der Waals surface area (Å²) in [5.41, 5.74) is -0.293. The minimum Gasteiger partial charge on any atom is -0.480 e. The molecule has 1 heterocycles. The number of hydrogen-bond acceptors (Lipinski definition) is 2. The number of aliphatic carboxylic acids is 1. The Morgan fingerprint density at radius 1 is 1.60 bits per heavy atom. The van der Waals surface area contributed by atoms with Crippen LogP contribution in [0.2, 0.25) is 0 Å². The highest BCUT2D eigenvalue weighted by atomic mass is 79.9. The van der Waals surface area contributed by atoms with Gasteiger partial charge in [0.2, 0.25) is 0 Å². The van der Waals surface area contributed by atoms with Crippen molar-refractivity contribution < 1.29 is 9.90 Å². The number of pyridine rings is 1. The molecule has 0 saturated heterocycles. The average Bonchev–Trinajstić information content (AvgIpc) is 2.18. The van der Waals surface area contributed by atoms with Crippen molar-refractivity contribution in [2.75, 3.05) is 0 Å². The van der Waals surface area contributed by atoms with Crippen LogP contribution >= 0.6 is 15.9 Å². The lowest BCUT2D eigenvalue weighted by Gasteiger charge is -2.14. The van der Waals surface area contributed by atoms with Gasteiger partial charge in [-0.05, 0) is 28.4 Å². The lowest BCUT2D eigenvalue weighted by atomic mass is 10.1. The van der Waals surface area contributed by atoms with Crippen LogP contribution in [0.4, 0.5) is 0 Å². The van der Waals surface area contributed by atoms with Gasteiger partial charge in [-0.15, -0.1) is 0 Å². The van der Waals surface area contributed by atoms with Crippen LogP contribution < -0.4 is 5.56 Å². The Morgan fingerprint density at radius 2 is 2.27 bits per heavy atom. The van der Waals surface area contributed by atoms with E-state index in [1.54, 1.807) is 6.07 Å². The van der Waals surface area contributed by atoms with E-state index in [0.717, 1.165) is 6.42 Å². The fourth-order valence-corrected chi connectivity index (χ4v) is 1.73. The molecule has 1 aromatic rings. The summed E-state index contributed by atoms with van der Waals surface area (Å²) in [6.07, 6.45) is 2.68. The van der Waals surface area contributed by atoms with Crippen LogP contribution in [-0.2, 0) is 4.79 Å². The second-order valence-corrected chi connectivity index (χ2v) is 4.15. The second-order valence-electron chi connectivity index (χ2n) is 3.24. The molecular formula is C10H12BrNO3. The SMILES string of the molecule is CCCC(C(=O)O)n1cc(Br)ccc1=O. The van der Waals surface area contributed by atoms with E-state index < -0.39 is 12.0 Å². The largest absolute Gasteiger partial charge is 0.480 e. The standard InChI is InChI=1S/C10H12BrNO3/c1-2-3-8(10(14)15)12-6-7(11)4-5-9(12)13/h4-6,8H,2-3H2,1H3,(H,14,15). The molecule has 0 spiro atoms. The molecule has 0 fully saturated rings. The van der Waals surface area contributed by atoms with Gasteiger partial charge in [-0.25, -0.2) is 4.79 Å². The van der Waals surface area contributed by atoms with E-state index in [-0.39, 0.29) is 5.56 Å². The molecule has 1 aromatic heterocycles. The minimum atomic E-state index is -0.975. The molecule has 0 bridgehead atoms. The molecule has 0 aliphatic heterocycles. The lowest BCUT2D eigenvalue weighted by Crippen LogP contribution is -2.28. The van der Waals surface area contributed by atoms with Gasteiger partial charge in [-0.2, -0.15) is 0 Å². The molecule has 1 atom stereocenters. The Bertz CT molecular complexity index is 413. The molecule has 82 valence electrons. The third-order valence-electron chi connectivity index (χ3n) is 2.08.